The highest BCUT2D eigenvalue weighted by Crippen LogP contribution is 2.18. The maximum atomic E-state index is 10.3. The Balaban J connectivity index is 0. The SMILES string of the molecule is CCC(C)(C)C(=O)O.CCCCCCl. The van der Waals surface area contributed by atoms with Gasteiger partial charge in [0.2, 0.25) is 0 Å². The largest absolute Gasteiger partial charge is 0.481 e. The lowest BCUT2D eigenvalue weighted by Gasteiger charge is -2.14. The van der Waals surface area contributed by atoms with E-state index in [4.69, 9.17) is 16.7 Å². The Bertz CT molecular complexity index is 140. The van der Waals surface area contributed by atoms with E-state index in [1.54, 1.807) is 13.8 Å². The molecule has 0 aromatic heterocycles. The van der Waals surface area contributed by atoms with Gasteiger partial charge in [0.05, 0.1) is 5.41 Å². The summed E-state index contributed by atoms with van der Waals surface area (Å²) in [6, 6.07) is 0. The molecule has 0 aromatic rings. The number of hydrogen-bond acceptors (Lipinski definition) is 1. The Morgan fingerprint density at radius 3 is 1.86 bits per heavy atom. The number of unbranched alkanes of at least 4 members (excludes halogenated alkanes) is 2. The number of hydrogen-bond donors (Lipinski definition) is 1. The standard InChI is InChI=1S/C6H12O2.C5H11Cl/c1-4-6(2,3)5(7)8;1-2-3-4-5-6/h4H2,1-3H3,(H,7,8);2-5H2,1H3. The summed E-state index contributed by atoms with van der Waals surface area (Å²) in [6.07, 6.45) is 4.41. The molecule has 86 valence electrons. The van der Waals surface area contributed by atoms with Gasteiger partial charge in [0.25, 0.3) is 0 Å². The zero-order chi connectivity index (χ0) is 11.6. The van der Waals surface area contributed by atoms with Gasteiger partial charge in [-0.05, 0) is 26.7 Å². The second-order valence-corrected chi connectivity index (χ2v) is 4.32. The van der Waals surface area contributed by atoms with Crippen molar-refractivity contribution in [2.75, 3.05) is 5.88 Å². The topological polar surface area (TPSA) is 37.3 Å². The average molecular weight is 223 g/mol. The van der Waals surface area contributed by atoms with Crippen LogP contribution in [0, 0.1) is 5.41 Å². The first kappa shape index (κ1) is 16.2. The van der Waals surface area contributed by atoms with Gasteiger partial charge in [-0.25, -0.2) is 0 Å². The monoisotopic (exact) mass is 222 g/mol. The fraction of sp³-hybridized carbons (Fsp3) is 0.909. The van der Waals surface area contributed by atoms with Gasteiger partial charge in [0, 0.05) is 5.88 Å². The van der Waals surface area contributed by atoms with E-state index >= 15 is 0 Å². The number of carboxylic acid groups (broad SMARTS) is 1. The van der Waals surface area contributed by atoms with Crippen molar-refractivity contribution >= 4 is 17.6 Å². The first-order chi connectivity index (χ1) is 6.42. The van der Waals surface area contributed by atoms with E-state index in [0.29, 0.717) is 6.42 Å². The van der Waals surface area contributed by atoms with E-state index in [1.165, 1.54) is 19.3 Å². The molecule has 0 heterocycles. The molecule has 3 heteroatoms. The third-order valence-electron chi connectivity index (χ3n) is 2.20. The predicted molar refractivity (Wildman–Crippen MR) is 62.0 cm³/mol. The van der Waals surface area contributed by atoms with Crippen LogP contribution in [0.15, 0.2) is 0 Å². The van der Waals surface area contributed by atoms with E-state index < -0.39 is 11.4 Å². The molecule has 0 fully saturated rings. The molecule has 2 nitrogen and oxygen atoms in total. The summed E-state index contributed by atoms with van der Waals surface area (Å²) in [6.45, 7) is 7.48. The van der Waals surface area contributed by atoms with E-state index in [1.807, 2.05) is 6.92 Å². The summed E-state index contributed by atoms with van der Waals surface area (Å²) in [5.74, 6) is 0.105. The Morgan fingerprint density at radius 2 is 1.79 bits per heavy atom. The lowest BCUT2D eigenvalue weighted by Crippen LogP contribution is -2.21. The van der Waals surface area contributed by atoms with Crippen LogP contribution in [-0.4, -0.2) is 17.0 Å². The van der Waals surface area contributed by atoms with Crippen molar-refractivity contribution in [3.8, 4) is 0 Å². The van der Waals surface area contributed by atoms with Gasteiger partial charge in [-0.1, -0.05) is 26.7 Å². The van der Waals surface area contributed by atoms with Crippen molar-refractivity contribution in [1.29, 1.82) is 0 Å². The average Bonchev–Trinajstić information content (AvgIpc) is 2.15. The lowest BCUT2D eigenvalue weighted by molar-refractivity contribution is -0.147. The smallest absolute Gasteiger partial charge is 0.309 e. The van der Waals surface area contributed by atoms with Gasteiger partial charge in [0.15, 0.2) is 0 Å². The van der Waals surface area contributed by atoms with E-state index in [-0.39, 0.29) is 0 Å². The predicted octanol–water partition coefficient (Wildman–Crippen LogP) is 3.92. The molecule has 1 N–H and O–H groups in total. The quantitative estimate of drug-likeness (QED) is 0.566. The summed E-state index contributed by atoms with van der Waals surface area (Å²) >= 11 is 5.38. The molecule has 0 aliphatic heterocycles. The normalized spacial score (nSPS) is 10.4. The van der Waals surface area contributed by atoms with Crippen LogP contribution in [0.5, 0.6) is 0 Å². The minimum atomic E-state index is -0.722. The van der Waals surface area contributed by atoms with Crippen molar-refractivity contribution < 1.29 is 9.90 Å². The van der Waals surface area contributed by atoms with Crippen LogP contribution < -0.4 is 0 Å². The molecule has 0 atom stereocenters. The number of carbonyl (C=O) groups is 1. The molecule has 0 unspecified atom stereocenters. The molecule has 0 aliphatic rings. The van der Waals surface area contributed by atoms with Crippen LogP contribution in [-0.2, 0) is 4.79 Å². The van der Waals surface area contributed by atoms with Crippen molar-refractivity contribution in [1.82, 2.24) is 0 Å². The van der Waals surface area contributed by atoms with Crippen LogP contribution in [0.3, 0.4) is 0 Å². The Labute approximate surface area is 92.7 Å². The summed E-state index contributed by atoms with van der Waals surface area (Å²) in [5, 5.41) is 8.44. The molecule has 0 spiro atoms. The first-order valence-electron chi connectivity index (χ1n) is 5.21. The maximum Gasteiger partial charge on any atom is 0.309 e. The van der Waals surface area contributed by atoms with E-state index in [9.17, 15) is 4.79 Å². The zero-order valence-corrected chi connectivity index (χ0v) is 10.5. The van der Waals surface area contributed by atoms with Crippen LogP contribution >= 0.6 is 11.6 Å². The number of aliphatic carboxylic acids is 1. The second kappa shape index (κ2) is 9.32. The van der Waals surface area contributed by atoms with Gasteiger partial charge in [-0.3, -0.25) is 4.79 Å². The molecule has 0 aromatic carbocycles. The Hall–Kier alpha value is -0.240. The van der Waals surface area contributed by atoms with Gasteiger partial charge in [0.1, 0.15) is 0 Å². The third-order valence-corrected chi connectivity index (χ3v) is 2.47. The fourth-order valence-electron chi connectivity index (χ4n) is 0.496. The van der Waals surface area contributed by atoms with Crippen LogP contribution in [0.4, 0.5) is 0 Å². The molecule has 0 amide bonds. The molecular weight excluding hydrogens is 200 g/mol. The molecule has 0 radical (unpaired) electrons. The molecule has 0 saturated heterocycles. The van der Waals surface area contributed by atoms with Crippen LogP contribution in [0.1, 0.15) is 53.4 Å². The lowest BCUT2D eigenvalue weighted by atomic mass is 9.91. The number of halogens is 1. The molecule has 0 rings (SSSR count). The van der Waals surface area contributed by atoms with E-state index in [0.717, 1.165) is 5.88 Å². The summed E-state index contributed by atoms with van der Waals surface area (Å²) in [5.41, 5.74) is -0.542. The highest BCUT2D eigenvalue weighted by Gasteiger charge is 2.23. The summed E-state index contributed by atoms with van der Waals surface area (Å²) in [4.78, 5) is 10.3. The van der Waals surface area contributed by atoms with Crippen molar-refractivity contribution in [3.05, 3.63) is 0 Å². The Morgan fingerprint density at radius 1 is 1.29 bits per heavy atom. The van der Waals surface area contributed by atoms with Crippen molar-refractivity contribution in [2.45, 2.75) is 53.4 Å². The molecule has 14 heavy (non-hydrogen) atoms. The van der Waals surface area contributed by atoms with Gasteiger partial charge < -0.3 is 5.11 Å². The van der Waals surface area contributed by atoms with Crippen LogP contribution in [0.25, 0.3) is 0 Å². The minimum Gasteiger partial charge on any atom is -0.481 e. The maximum absolute atomic E-state index is 10.3. The fourth-order valence-corrected chi connectivity index (χ4v) is 0.685. The molecule has 0 aliphatic carbocycles. The summed E-state index contributed by atoms with van der Waals surface area (Å²) in [7, 11) is 0. The number of alkyl halides is 1. The zero-order valence-electron chi connectivity index (χ0n) is 9.77. The summed E-state index contributed by atoms with van der Waals surface area (Å²) < 4.78 is 0. The van der Waals surface area contributed by atoms with Gasteiger partial charge >= 0.3 is 5.97 Å². The van der Waals surface area contributed by atoms with Gasteiger partial charge in [-0.15, -0.1) is 11.6 Å². The molecular formula is C11H23ClO2. The molecule has 0 saturated carbocycles. The number of carboxylic acids is 1. The van der Waals surface area contributed by atoms with Gasteiger partial charge in [-0.2, -0.15) is 0 Å². The van der Waals surface area contributed by atoms with Crippen LogP contribution in [0.2, 0.25) is 0 Å². The highest BCUT2D eigenvalue weighted by molar-refractivity contribution is 6.17. The highest BCUT2D eigenvalue weighted by atomic mass is 35.5. The van der Waals surface area contributed by atoms with Crippen molar-refractivity contribution in [3.63, 3.8) is 0 Å². The minimum absolute atomic E-state index is 0.542. The first-order valence-corrected chi connectivity index (χ1v) is 5.75. The Kier molecular flexibility index (Phi) is 10.8. The molecule has 0 bridgehead atoms. The van der Waals surface area contributed by atoms with Crippen molar-refractivity contribution in [2.24, 2.45) is 5.41 Å². The third kappa shape index (κ3) is 9.85. The number of rotatable bonds is 5. The second-order valence-electron chi connectivity index (χ2n) is 3.94. The van der Waals surface area contributed by atoms with E-state index in [2.05, 4.69) is 6.92 Å².